The summed E-state index contributed by atoms with van der Waals surface area (Å²) in [5.74, 6) is -1.25. The second-order valence-corrected chi connectivity index (χ2v) is 15.1. The number of aromatic nitrogens is 1. The van der Waals surface area contributed by atoms with Crippen LogP contribution in [0.1, 0.15) is 75.8 Å². The predicted octanol–water partition coefficient (Wildman–Crippen LogP) is 5.70. The van der Waals surface area contributed by atoms with E-state index in [9.17, 15) is 19.2 Å². The zero-order chi connectivity index (χ0) is 44.7. The Morgan fingerprint density at radius 2 is 1.35 bits per heavy atom. The lowest BCUT2D eigenvalue weighted by Gasteiger charge is -2.23. The van der Waals surface area contributed by atoms with Crippen molar-refractivity contribution in [2.24, 2.45) is 5.73 Å². The van der Waals surface area contributed by atoms with Gasteiger partial charge in [-0.05, 0) is 106 Å². The number of likely N-dealkylation sites (N-methyl/N-ethyl adjacent to an activating group) is 2. The third-order valence-electron chi connectivity index (χ3n) is 10.5. The van der Waals surface area contributed by atoms with Crippen molar-refractivity contribution in [1.29, 1.82) is 0 Å². The number of nitrogens with one attached hydrogen (secondary N) is 2. The maximum absolute atomic E-state index is 13.5. The zero-order valence-electron chi connectivity index (χ0n) is 37.1. The molecule has 0 spiro atoms. The third kappa shape index (κ3) is 16.3. The molecular weight excluding hydrogens is 787 g/mol. The van der Waals surface area contributed by atoms with E-state index in [-0.39, 0.29) is 11.8 Å². The number of pyridine rings is 1. The number of hydrogen-bond acceptors (Lipinski definition) is 10. The van der Waals surface area contributed by atoms with E-state index in [0.717, 1.165) is 18.8 Å². The molecule has 4 amide bonds. The monoisotopic (exact) mass is 851 g/mol. The van der Waals surface area contributed by atoms with Gasteiger partial charge in [0.1, 0.15) is 0 Å². The molecule has 334 valence electrons. The number of benzene rings is 3. The normalized spacial score (nSPS) is 11.8. The summed E-state index contributed by atoms with van der Waals surface area (Å²) in [7, 11) is 3.70. The van der Waals surface area contributed by atoms with E-state index in [1.54, 1.807) is 59.5 Å². The SMILES string of the molecule is CCN(CC)c1ccc(NC(=O)c2cccc(C(=O)N(C)CCN(C)CCOCCOCCOCCNC(C)=O)c2)c(-c2cc(C(N)=O)ccn2)c1.c1ccc2c(c1)CCCC2. The first-order valence-corrected chi connectivity index (χ1v) is 21.6. The number of fused-ring (bicyclic) bond motifs is 1. The topological polar surface area (TPSA) is 169 Å². The van der Waals surface area contributed by atoms with Crippen LogP contribution in [0.15, 0.2) is 85.1 Å². The average molecular weight is 852 g/mol. The Hall–Kier alpha value is -5.67. The Morgan fingerprint density at radius 1 is 0.710 bits per heavy atom. The average Bonchev–Trinajstić information content (AvgIpc) is 3.29. The summed E-state index contributed by atoms with van der Waals surface area (Å²) in [4.78, 5) is 59.9. The summed E-state index contributed by atoms with van der Waals surface area (Å²) in [6.07, 6.45) is 6.89. The van der Waals surface area contributed by atoms with Gasteiger partial charge in [-0.2, -0.15) is 0 Å². The van der Waals surface area contributed by atoms with E-state index in [1.807, 2.05) is 25.2 Å². The lowest BCUT2D eigenvalue weighted by atomic mass is 9.92. The van der Waals surface area contributed by atoms with Crippen LogP contribution < -0.4 is 21.3 Å². The van der Waals surface area contributed by atoms with Crippen molar-refractivity contribution in [3.63, 3.8) is 0 Å². The van der Waals surface area contributed by atoms with Gasteiger partial charge in [-0.3, -0.25) is 24.2 Å². The summed E-state index contributed by atoms with van der Waals surface area (Å²) in [5.41, 5.74) is 12.3. The molecule has 0 radical (unpaired) electrons. The number of carbonyl (C=O) groups excluding carboxylic acids is 4. The molecule has 4 N–H and O–H groups in total. The van der Waals surface area contributed by atoms with Gasteiger partial charge in [-0.25, -0.2) is 0 Å². The van der Waals surface area contributed by atoms with E-state index in [2.05, 4.69) is 63.5 Å². The summed E-state index contributed by atoms with van der Waals surface area (Å²) in [5, 5.41) is 5.64. The highest BCUT2D eigenvalue weighted by Crippen LogP contribution is 2.32. The molecule has 62 heavy (non-hydrogen) atoms. The molecular formula is C48H65N7O7. The van der Waals surface area contributed by atoms with Crippen LogP contribution in [-0.4, -0.2) is 131 Å². The molecule has 0 aliphatic heterocycles. The quantitative estimate of drug-likeness (QED) is 0.0788. The van der Waals surface area contributed by atoms with Crippen LogP contribution in [-0.2, 0) is 31.8 Å². The van der Waals surface area contributed by atoms with Crippen LogP contribution in [0.25, 0.3) is 11.3 Å². The maximum atomic E-state index is 13.5. The third-order valence-corrected chi connectivity index (χ3v) is 10.5. The van der Waals surface area contributed by atoms with Gasteiger partial charge >= 0.3 is 0 Å². The fourth-order valence-corrected chi connectivity index (χ4v) is 6.85. The standard InChI is InChI=1S/C38H53N7O7.C10H12/c1-6-45(7-2)32-11-12-34(33(27-32)35-26-29(36(39)47)13-14-41-35)42-37(48)30-9-8-10-31(25-30)38(49)44(5)17-16-43(4)18-20-51-22-24-52-23-21-50-19-15-40-28(3)46;1-2-6-10-8-4-3-7-9(10)5-1/h8-14,25-27H,6-7,15-24H2,1-5H3,(H2,39,47)(H,40,46)(H,42,48);1-2,5-6H,3-4,7-8H2. The van der Waals surface area contributed by atoms with Crippen molar-refractivity contribution in [3.05, 3.63) is 113 Å². The van der Waals surface area contributed by atoms with E-state index >= 15 is 0 Å². The smallest absolute Gasteiger partial charge is 0.255 e. The Morgan fingerprint density at radius 3 is 2.00 bits per heavy atom. The molecule has 0 saturated carbocycles. The molecule has 3 aromatic carbocycles. The van der Waals surface area contributed by atoms with Gasteiger partial charge in [0.15, 0.2) is 0 Å². The van der Waals surface area contributed by atoms with E-state index in [4.69, 9.17) is 19.9 Å². The van der Waals surface area contributed by atoms with E-state index in [1.165, 1.54) is 38.8 Å². The maximum Gasteiger partial charge on any atom is 0.255 e. The molecule has 0 unspecified atom stereocenters. The number of aryl methyl sites for hydroxylation is 2. The van der Waals surface area contributed by atoms with Crippen molar-refractivity contribution in [2.75, 3.05) is 103 Å². The molecule has 0 fully saturated rings. The largest absolute Gasteiger partial charge is 0.378 e. The summed E-state index contributed by atoms with van der Waals surface area (Å²) < 4.78 is 16.5. The number of primary amides is 1. The number of amides is 4. The minimum absolute atomic E-state index is 0.0801. The van der Waals surface area contributed by atoms with Gasteiger partial charge in [-0.15, -0.1) is 0 Å². The predicted molar refractivity (Wildman–Crippen MR) is 245 cm³/mol. The highest BCUT2D eigenvalue weighted by Gasteiger charge is 2.18. The number of ether oxygens (including phenoxy) is 3. The number of hydrogen-bond donors (Lipinski definition) is 3. The van der Waals surface area contributed by atoms with Crippen LogP contribution in [0.4, 0.5) is 11.4 Å². The second kappa shape index (κ2) is 26.6. The Labute approximate surface area is 367 Å². The molecule has 1 aliphatic carbocycles. The molecule has 1 heterocycles. The van der Waals surface area contributed by atoms with Gasteiger partial charge in [0, 0.05) is 87.4 Å². The molecule has 5 rings (SSSR count). The van der Waals surface area contributed by atoms with Crippen LogP contribution in [0.2, 0.25) is 0 Å². The van der Waals surface area contributed by atoms with E-state index < -0.39 is 11.8 Å². The van der Waals surface area contributed by atoms with Crippen molar-refractivity contribution in [3.8, 4) is 11.3 Å². The van der Waals surface area contributed by atoms with Gasteiger partial charge in [0.2, 0.25) is 11.8 Å². The minimum Gasteiger partial charge on any atom is -0.378 e. The lowest BCUT2D eigenvalue weighted by Crippen LogP contribution is -2.36. The van der Waals surface area contributed by atoms with Crippen molar-refractivity contribution < 1.29 is 33.4 Å². The van der Waals surface area contributed by atoms with Crippen molar-refractivity contribution in [1.82, 2.24) is 20.1 Å². The number of carbonyl (C=O) groups is 4. The number of nitrogens with zero attached hydrogens (tertiary/aromatic N) is 4. The molecule has 4 aromatic rings. The zero-order valence-corrected chi connectivity index (χ0v) is 37.1. The highest BCUT2D eigenvalue weighted by molar-refractivity contribution is 6.08. The molecule has 14 nitrogen and oxygen atoms in total. The van der Waals surface area contributed by atoms with E-state index in [0.29, 0.717) is 99.5 Å². The van der Waals surface area contributed by atoms with Crippen molar-refractivity contribution >= 4 is 35.0 Å². The Balaban J connectivity index is 0.000000729. The summed E-state index contributed by atoms with van der Waals surface area (Å²) in [6, 6.07) is 24.2. The van der Waals surface area contributed by atoms with Crippen LogP contribution in [0.3, 0.4) is 0 Å². The molecule has 14 heteroatoms. The van der Waals surface area contributed by atoms with Gasteiger partial charge in [-0.1, -0.05) is 30.3 Å². The first-order valence-electron chi connectivity index (χ1n) is 21.6. The van der Waals surface area contributed by atoms with Gasteiger partial charge in [0.05, 0.1) is 51.0 Å². The molecule has 1 aromatic heterocycles. The Kier molecular flexibility index (Phi) is 21.0. The Bertz CT molecular complexity index is 2020. The van der Waals surface area contributed by atoms with Gasteiger partial charge < -0.3 is 45.3 Å². The molecule has 0 atom stereocenters. The van der Waals surface area contributed by atoms with Gasteiger partial charge in [0.25, 0.3) is 11.8 Å². The molecule has 1 aliphatic rings. The van der Waals surface area contributed by atoms with Crippen LogP contribution in [0.5, 0.6) is 0 Å². The number of anilines is 2. The molecule has 0 bridgehead atoms. The van der Waals surface area contributed by atoms with Crippen LogP contribution in [0, 0.1) is 0 Å². The number of nitrogens with two attached hydrogens (primary N) is 1. The molecule has 0 saturated heterocycles. The van der Waals surface area contributed by atoms with Crippen molar-refractivity contribution in [2.45, 2.75) is 46.5 Å². The lowest BCUT2D eigenvalue weighted by molar-refractivity contribution is -0.119. The summed E-state index contributed by atoms with van der Waals surface area (Å²) in [6.45, 7) is 12.2. The second-order valence-electron chi connectivity index (χ2n) is 15.1. The first-order chi connectivity index (χ1) is 30.0. The first kappa shape index (κ1) is 49.0. The van der Waals surface area contributed by atoms with Crippen LogP contribution >= 0.6 is 0 Å². The highest BCUT2D eigenvalue weighted by atomic mass is 16.5. The fraction of sp³-hybridized carbons (Fsp3) is 0.438. The minimum atomic E-state index is -0.574. The number of rotatable bonds is 23. The summed E-state index contributed by atoms with van der Waals surface area (Å²) >= 11 is 0. The fourth-order valence-electron chi connectivity index (χ4n) is 6.85.